The fraction of sp³-hybridized carbons (Fsp3) is 0.389. The third kappa shape index (κ3) is 3.76. The summed E-state index contributed by atoms with van der Waals surface area (Å²) in [4.78, 5) is 4.43. The van der Waals surface area contributed by atoms with Crippen LogP contribution in [0.25, 0.3) is 11.1 Å². The first-order valence-electron chi connectivity index (χ1n) is 8.35. The number of nitrogens with one attached hydrogen (secondary N) is 2. The van der Waals surface area contributed by atoms with Gasteiger partial charge in [0.2, 0.25) is 10.0 Å². The van der Waals surface area contributed by atoms with Gasteiger partial charge in [0.25, 0.3) is 0 Å². The van der Waals surface area contributed by atoms with E-state index in [1.165, 1.54) is 26.3 Å². The van der Waals surface area contributed by atoms with Crippen molar-refractivity contribution < 1.29 is 8.42 Å². The van der Waals surface area contributed by atoms with Gasteiger partial charge in [-0.3, -0.25) is 4.98 Å². The van der Waals surface area contributed by atoms with E-state index in [0.717, 1.165) is 29.7 Å². The molecular formula is C18H23N3O2S. The molecule has 1 aliphatic rings. The SMILES string of the molecule is CNS(=O)(=O)c1ccc(NC2CCCCC2)c(-c2cccnc2)c1. The Labute approximate surface area is 143 Å². The maximum atomic E-state index is 12.1. The second-order valence-electron chi connectivity index (χ2n) is 6.14. The Kier molecular flexibility index (Phi) is 5.16. The van der Waals surface area contributed by atoms with Gasteiger partial charge in [-0.2, -0.15) is 0 Å². The molecule has 1 aromatic carbocycles. The highest BCUT2D eigenvalue weighted by Gasteiger charge is 2.18. The number of hydrogen-bond acceptors (Lipinski definition) is 4. The van der Waals surface area contributed by atoms with Gasteiger partial charge in [-0.15, -0.1) is 0 Å². The second kappa shape index (κ2) is 7.32. The number of benzene rings is 1. The summed E-state index contributed by atoms with van der Waals surface area (Å²) in [5.41, 5.74) is 2.74. The van der Waals surface area contributed by atoms with E-state index in [1.807, 2.05) is 18.2 Å². The lowest BCUT2D eigenvalue weighted by Gasteiger charge is -2.25. The summed E-state index contributed by atoms with van der Waals surface area (Å²) in [6.45, 7) is 0. The highest BCUT2D eigenvalue weighted by molar-refractivity contribution is 7.89. The lowest BCUT2D eigenvalue weighted by Crippen LogP contribution is -2.23. The minimum atomic E-state index is -3.48. The molecule has 24 heavy (non-hydrogen) atoms. The van der Waals surface area contributed by atoms with Crippen LogP contribution in [0.3, 0.4) is 0 Å². The van der Waals surface area contributed by atoms with Crippen LogP contribution >= 0.6 is 0 Å². The van der Waals surface area contributed by atoms with Gasteiger partial charge >= 0.3 is 0 Å². The standard InChI is InChI=1S/C18H23N3O2S/c1-19-24(22,23)16-9-10-18(21-15-7-3-2-4-8-15)17(12-16)14-6-5-11-20-13-14/h5-6,9-13,15,19,21H,2-4,7-8H2,1H3. The van der Waals surface area contributed by atoms with E-state index in [4.69, 9.17) is 0 Å². The first kappa shape index (κ1) is 16.9. The van der Waals surface area contributed by atoms with Crippen molar-refractivity contribution in [2.75, 3.05) is 12.4 Å². The zero-order chi connectivity index (χ0) is 17.0. The van der Waals surface area contributed by atoms with Crippen molar-refractivity contribution in [2.45, 2.75) is 43.0 Å². The third-order valence-corrected chi connectivity index (χ3v) is 5.92. The molecule has 0 saturated heterocycles. The highest BCUT2D eigenvalue weighted by Crippen LogP contribution is 2.32. The summed E-state index contributed by atoms with van der Waals surface area (Å²) in [6, 6.07) is 9.48. The van der Waals surface area contributed by atoms with Crippen LogP contribution in [0.1, 0.15) is 32.1 Å². The van der Waals surface area contributed by atoms with E-state index < -0.39 is 10.0 Å². The van der Waals surface area contributed by atoms with Gasteiger partial charge in [-0.05, 0) is 44.2 Å². The molecule has 1 aromatic heterocycles. The number of rotatable bonds is 5. The van der Waals surface area contributed by atoms with Gasteiger partial charge < -0.3 is 5.32 Å². The Balaban J connectivity index is 2.01. The molecule has 6 heteroatoms. The number of aromatic nitrogens is 1. The quantitative estimate of drug-likeness (QED) is 0.871. The Bertz CT molecular complexity index is 785. The molecule has 0 atom stereocenters. The second-order valence-corrected chi connectivity index (χ2v) is 8.02. The first-order chi connectivity index (χ1) is 11.6. The van der Waals surface area contributed by atoms with Crippen molar-refractivity contribution in [2.24, 2.45) is 0 Å². The van der Waals surface area contributed by atoms with Crippen LogP contribution < -0.4 is 10.0 Å². The minimum absolute atomic E-state index is 0.262. The number of hydrogen-bond donors (Lipinski definition) is 2. The number of pyridine rings is 1. The van der Waals surface area contributed by atoms with Crippen molar-refractivity contribution in [3.8, 4) is 11.1 Å². The molecule has 0 bridgehead atoms. The van der Waals surface area contributed by atoms with E-state index in [-0.39, 0.29) is 4.90 Å². The lowest BCUT2D eigenvalue weighted by atomic mass is 9.94. The van der Waals surface area contributed by atoms with E-state index in [9.17, 15) is 8.42 Å². The molecule has 3 rings (SSSR count). The summed E-state index contributed by atoms with van der Waals surface area (Å²) in [6.07, 6.45) is 9.57. The molecule has 0 spiro atoms. The molecule has 2 aromatic rings. The van der Waals surface area contributed by atoms with E-state index in [0.29, 0.717) is 6.04 Å². The number of nitrogens with zero attached hydrogens (tertiary/aromatic N) is 1. The van der Waals surface area contributed by atoms with Crippen molar-refractivity contribution in [3.63, 3.8) is 0 Å². The van der Waals surface area contributed by atoms with Crippen LogP contribution in [0, 0.1) is 0 Å². The summed E-state index contributed by atoms with van der Waals surface area (Å²) < 4.78 is 26.7. The molecule has 2 N–H and O–H groups in total. The van der Waals surface area contributed by atoms with Crippen LogP contribution in [0.4, 0.5) is 5.69 Å². The zero-order valence-electron chi connectivity index (χ0n) is 13.8. The van der Waals surface area contributed by atoms with Crippen molar-refractivity contribution in [1.82, 2.24) is 9.71 Å². The molecule has 128 valence electrons. The lowest BCUT2D eigenvalue weighted by molar-refractivity contribution is 0.463. The normalized spacial score (nSPS) is 16.0. The van der Waals surface area contributed by atoms with Crippen molar-refractivity contribution in [1.29, 1.82) is 0 Å². The van der Waals surface area contributed by atoms with Gasteiger partial charge in [-0.25, -0.2) is 13.1 Å². The minimum Gasteiger partial charge on any atom is -0.382 e. The topological polar surface area (TPSA) is 71.1 Å². The maximum Gasteiger partial charge on any atom is 0.240 e. The van der Waals surface area contributed by atoms with Gasteiger partial charge in [0, 0.05) is 35.2 Å². The zero-order valence-corrected chi connectivity index (χ0v) is 14.6. The predicted molar refractivity (Wildman–Crippen MR) is 96.4 cm³/mol. The van der Waals surface area contributed by atoms with E-state index in [2.05, 4.69) is 15.0 Å². The van der Waals surface area contributed by atoms with E-state index >= 15 is 0 Å². The predicted octanol–water partition coefficient (Wildman–Crippen LogP) is 3.40. The average molecular weight is 345 g/mol. The first-order valence-corrected chi connectivity index (χ1v) is 9.83. The summed E-state index contributed by atoms with van der Waals surface area (Å²) >= 11 is 0. The van der Waals surface area contributed by atoms with Gasteiger partial charge in [0.15, 0.2) is 0 Å². The Hall–Kier alpha value is -1.92. The highest BCUT2D eigenvalue weighted by atomic mass is 32.2. The van der Waals surface area contributed by atoms with Crippen LogP contribution in [0.5, 0.6) is 0 Å². The number of sulfonamides is 1. The Morgan fingerprint density at radius 3 is 2.58 bits per heavy atom. The van der Waals surface area contributed by atoms with E-state index in [1.54, 1.807) is 24.5 Å². The van der Waals surface area contributed by atoms with Gasteiger partial charge in [-0.1, -0.05) is 25.3 Å². The summed E-state index contributed by atoms with van der Waals surface area (Å²) in [7, 11) is -2.05. The monoisotopic (exact) mass is 345 g/mol. The van der Waals surface area contributed by atoms with Crippen LogP contribution in [0.2, 0.25) is 0 Å². The molecule has 0 unspecified atom stereocenters. The summed E-state index contributed by atoms with van der Waals surface area (Å²) in [5, 5.41) is 3.60. The molecule has 0 amide bonds. The molecule has 0 aliphatic heterocycles. The fourth-order valence-electron chi connectivity index (χ4n) is 3.16. The molecular weight excluding hydrogens is 322 g/mol. The number of anilines is 1. The van der Waals surface area contributed by atoms with Crippen LogP contribution in [0.15, 0.2) is 47.6 Å². The fourth-order valence-corrected chi connectivity index (χ4v) is 3.92. The average Bonchev–Trinajstić information content (AvgIpc) is 2.63. The van der Waals surface area contributed by atoms with Crippen LogP contribution in [-0.4, -0.2) is 26.5 Å². The third-order valence-electron chi connectivity index (χ3n) is 4.51. The van der Waals surface area contributed by atoms with Crippen molar-refractivity contribution in [3.05, 3.63) is 42.7 Å². The summed E-state index contributed by atoms with van der Waals surface area (Å²) in [5.74, 6) is 0. The largest absolute Gasteiger partial charge is 0.382 e. The molecule has 1 aliphatic carbocycles. The van der Waals surface area contributed by atoms with Crippen molar-refractivity contribution >= 4 is 15.7 Å². The smallest absolute Gasteiger partial charge is 0.240 e. The van der Waals surface area contributed by atoms with Crippen LogP contribution in [-0.2, 0) is 10.0 Å². The van der Waals surface area contributed by atoms with Gasteiger partial charge in [0.05, 0.1) is 4.90 Å². The molecule has 1 saturated carbocycles. The Morgan fingerprint density at radius 1 is 1.12 bits per heavy atom. The molecule has 1 fully saturated rings. The molecule has 5 nitrogen and oxygen atoms in total. The van der Waals surface area contributed by atoms with Gasteiger partial charge in [0.1, 0.15) is 0 Å². The maximum absolute atomic E-state index is 12.1. The molecule has 0 radical (unpaired) electrons. The Morgan fingerprint density at radius 2 is 1.92 bits per heavy atom. The molecule has 1 heterocycles.